The van der Waals surface area contributed by atoms with E-state index in [1.807, 2.05) is 4.90 Å². The molecule has 2 rings (SSSR count). The second-order valence-electron chi connectivity index (χ2n) is 5.47. The van der Waals surface area contributed by atoms with Gasteiger partial charge in [-0.1, -0.05) is 26.2 Å². The molecule has 0 bridgehead atoms. The summed E-state index contributed by atoms with van der Waals surface area (Å²) in [6.07, 6.45) is 6.04. The van der Waals surface area contributed by atoms with E-state index in [9.17, 15) is 9.59 Å². The summed E-state index contributed by atoms with van der Waals surface area (Å²) in [5, 5.41) is 8.99. The van der Waals surface area contributed by atoms with Crippen LogP contribution in [0, 0.1) is 11.8 Å². The molecule has 1 saturated carbocycles. The normalized spacial score (nSPS) is 34.8. The van der Waals surface area contributed by atoms with Crippen LogP contribution in [0.2, 0.25) is 0 Å². The number of nitrogens with zero attached hydrogens (tertiary/aromatic N) is 1. The van der Waals surface area contributed by atoms with Gasteiger partial charge in [0.05, 0.1) is 5.92 Å². The van der Waals surface area contributed by atoms with Gasteiger partial charge < -0.3 is 10.0 Å². The second-order valence-corrected chi connectivity index (χ2v) is 5.47. The summed E-state index contributed by atoms with van der Waals surface area (Å²) in [4.78, 5) is 24.7. The van der Waals surface area contributed by atoms with E-state index in [1.54, 1.807) is 0 Å². The van der Waals surface area contributed by atoms with Gasteiger partial charge in [-0.15, -0.1) is 0 Å². The predicted octanol–water partition coefficient (Wildman–Crippen LogP) is 1.89. The molecule has 0 spiro atoms. The first-order valence-corrected chi connectivity index (χ1v) is 6.62. The molecule has 1 saturated heterocycles. The molecule has 4 heteroatoms. The summed E-state index contributed by atoms with van der Waals surface area (Å²) in [6, 6.07) is 0.273. The maximum absolute atomic E-state index is 11.9. The van der Waals surface area contributed by atoms with Gasteiger partial charge in [-0.3, -0.25) is 9.59 Å². The van der Waals surface area contributed by atoms with Crippen molar-refractivity contribution < 1.29 is 14.7 Å². The van der Waals surface area contributed by atoms with Crippen LogP contribution < -0.4 is 0 Å². The van der Waals surface area contributed by atoms with Gasteiger partial charge >= 0.3 is 5.97 Å². The minimum atomic E-state index is -0.831. The molecule has 4 nitrogen and oxygen atoms in total. The third-order valence-electron chi connectivity index (χ3n) is 4.22. The highest BCUT2D eigenvalue weighted by Gasteiger charge is 2.39. The molecule has 3 atom stereocenters. The van der Waals surface area contributed by atoms with Crippen LogP contribution in [0.5, 0.6) is 0 Å². The Bertz CT molecular complexity index is 316. The van der Waals surface area contributed by atoms with Crippen molar-refractivity contribution in [1.82, 2.24) is 4.90 Å². The third kappa shape index (κ3) is 2.61. The van der Waals surface area contributed by atoms with Crippen molar-refractivity contribution in [3.63, 3.8) is 0 Å². The van der Waals surface area contributed by atoms with Crippen molar-refractivity contribution >= 4 is 11.9 Å². The van der Waals surface area contributed by atoms with Gasteiger partial charge in [0.25, 0.3) is 0 Å². The van der Waals surface area contributed by atoms with Crippen LogP contribution in [0.4, 0.5) is 0 Å². The summed E-state index contributed by atoms with van der Waals surface area (Å²) < 4.78 is 0. The van der Waals surface area contributed by atoms with E-state index in [0.717, 1.165) is 19.3 Å². The number of carbonyl (C=O) groups is 2. The Kier molecular flexibility index (Phi) is 3.69. The van der Waals surface area contributed by atoms with E-state index < -0.39 is 11.9 Å². The highest BCUT2D eigenvalue weighted by Crippen LogP contribution is 2.31. The van der Waals surface area contributed by atoms with Gasteiger partial charge in [-0.2, -0.15) is 0 Å². The number of hydrogen-bond acceptors (Lipinski definition) is 2. The van der Waals surface area contributed by atoms with Crippen LogP contribution in [0.25, 0.3) is 0 Å². The Labute approximate surface area is 102 Å². The van der Waals surface area contributed by atoms with E-state index in [1.165, 1.54) is 12.8 Å². The van der Waals surface area contributed by atoms with E-state index in [0.29, 0.717) is 12.5 Å². The molecule has 0 aromatic heterocycles. The molecule has 0 radical (unpaired) electrons. The first-order valence-electron chi connectivity index (χ1n) is 6.62. The first kappa shape index (κ1) is 12.4. The minimum Gasteiger partial charge on any atom is -0.481 e. The smallest absolute Gasteiger partial charge is 0.308 e. The molecule has 96 valence electrons. The molecular formula is C13H21NO3. The Hall–Kier alpha value is -1.06. The van der Waals surface area contributed by atoms with Crippen LogP contribution in [0.15, 0.2) is 0 Å². The van der Waals surface area contributed by atoms with Crippen molar-refractivity contribution in [3.05, 3.63) is 0 Å². The number of likely N-dealkylation sites (tertiary alicyclic amines) is 1. The summed E-state index contributed by atoms with van der Waals surface area (Å²) in [7, 11) is 0. The maximum Gasteiger partial charge on any atom is 0.308 e. The van der Waals surface area contributed by atoms with Gasteiger partial charge in [0.15, 0.2) is 0 Å². The highest BCUT2D eigenvalue weighted by molar-refractivity contribution is 5.86. The zero-order chi connectivity index (χ0) is 12.4. The van der Waals surface area contributed by atoms with Crippen molar-refractivity contribution in [3.8, 4) is 0 Å². The topological polar surface area (TPSA) is 57.6 Å². The van der Waals surface area contributed by atoms with Crippen molar-refractivity contribution in [2.45, 2.75) is 51.5 Å². The molecule has 1 heterocycles. The zero-order valence-electron chi connectivity index (χ0n) is 10.4. The van der Waals surface area contributed by atoms with Crippen molar-refractivity contribution in [2.75, 3.05) is 6.54 Å². The van der Waals surface area contributed by atoms with Gasteiger partial charge in [0, 0.05) is 19.0 Å². The van der Waals surface area contributed by atoms with Crippen molar-refractivity contribution in [1.29, 1.82) is 0 Å². The van der Waals surface area contributed by atoms with Crippen molar-refractivity contribution in [2.24, 2.45) is 11.8 Å². The molecule has 3 unspecified atom stereocenters. The summed E-state index contributed by atoms with van der Waals surface area (Å²) in [6.45, 7) is 2.61. The van der Waals surface area contributed by atoms with Gasteiger partial charge in [-0.05, 0) is 18.8 Å². The summed E-state index contributed by atoms with van der Waals surface area (Å²) >= 11 is 0. The van der Waals surface area contributed by atoms with Crippen LogP contribution in [-0.2, 0) is 9.59 Å². The van der Waals surface area contributed by atoms with E-state index in [-0.39, 0.29) is 18.4 Å². The Morgan fingerprint density at radius 2 is 2.00 bits per heavy atom. The average Bonchev–Trinajstić information content (AvgIpc) is 2.53. The van der Waals surface area contributed by atoms with Crippen LogP contribution in [0.1, 0.15) is 45.4 Å². The fourth-order valence-corrected chi connectivity index (χ4v) is 3.15. The van der Waals surface area contributed by atoms with E-state index in [2.05, 4.69) is 6.92 Å². The van der Waals surface area contributed by atoms with E-state index in [4.69, 9.17) is 5.11 Å². The SMILES string of the molecule is CC1CCCCCC1N1CC(C(=O)O)CC1=O. The molecule has 1 N–H and O–H groups in total. The number of carbonyl (C=O) groups excluding carboxylic acids is 1. The Balaban J connectivity index is 2.05. The van der Waals surface area contributed by atoms with Gasteiger partial charge in [-0.25, -0.2) is 0 Å². The monoisotopic (exact) mass is 239 g/mol. The lowest BCUT2D eigenvalue weighted by molar-refractivity contribution is -0.141. The molecule has 0 aromatic rings. The lowest BCUT2D eigenvalue weighted by Crippen LogP contribution is -2.40. The van der Waals surface area contributed by atoms with Crippen LogP contribution in [0.3, 0.4) is 0 Å². The largest absolute Gasteiger partial charge is 0.481 e. The quantitative estimate of drug-likeness (QED) is 0.749. The fourth-order valence-electron chi connectivity index (χ4n) is 3.15. The zero-order valence-corrected chi connectivity index (χ0v) is 10.4. The molecule has 1 aliphatic carbocycles. The highest BCUT2D eigenvalue weighted by atomic mass is 16.4. The Morgan fingerprint density at radius 1 is 1.29 bits per heavy atom. The second kappa shape index (κ2) is 5.07. The Morgan fingerprint density at radius 3 is 2.65 bits per heavy atom. The number of amides is 1. The first-order chi connectivity index (χ1) is 8.09. The summed E-state index contributed by atoms with van der Waals surface area (Å²) in [5.74, 6) is -0.773. The standard InChI is InChI=1S/C13H21NO3/c1-9-5-3-2-4-6-11(9)14-8-10(13(16)17)7-12(14)15/h9-11H,2-8H2,1H3,(H,16,17). The number of carboxylic acid groups (broad SMARTS) is 1. The number of rotatable bonds is 2. The number of aliphatic carboxylic acids is 1. The molecule has 17 heavy (non-hydrogen) atoms. The molecule has 1 aliphatic heterocycles. The van der Waals surface area contributed by atoms with Crippen LogP contribution in [-0.4, -0.2) is 34.5 Å². The molecular weight excluding hydrogens is 218 g/mol. The maximum atomic E-state index is 11.9. The molecule has 1 amide bonds. The number of hydrogen-bond donors (Lipinski definition) is 1. The van der Waals surface area contributed by atoms with E-state index >= 15 is 0 Å². The van der Waals surface area contributed by atoms with Gasteiger partial charge in [0.1, 0.15) is 0 Å². The minimum absolute atomic E-state index is 0.0381. The lowest BCUT2D eigenvalue weighted by Gasteiger charge is -2.31. The molecule has 2 fully saturated rings. The number of carboxylic acids is 1. The molecule has 0 aromatic carbocycles. The third-order valence-corrected chi connectivity index (χ3v) is 4.22. The summed E-state index contributed by atoms with van der Waals surface area (Å²) in [5.41, 5.74) is 0. The van der Waals surface area contributed by atoms with Gasteiger partial charge in [0.2, 0.25) is 5.91 Å². The average molecular weight is 239 g/mol. The fraction of sp³-hybridized carbons (Fsp3) is 0.846. The predicted molar refractivity (Wildman–Crippen MR) is 63.5 cm³/mol. The molecule has 2 aliphatic rings. The van der Waals surface area contributed by atoms with Crippen LogP contribution >= 0.6 is 0 Å². The lowest BCUT2D eigenvalue weighted by atomic mass is 9.95.